The van der Waals surface area contributed by atoms with Gasteiger partial charge < -0.3 is 20.1 Å². The van der Waals surface area contributed by atoms with Crippen molar-refractivity contribution in [3.8, 4) is 0 Å². The smallest absolute Gasteiger partial charge is 0.397 e. The van der Waals surface area contributed by atoms with Crippen LogP contribution in [0.4, 0.5) is 5.00 Å². The molecule has 2 amide bonds. The molecule has 0 atom stereocenters. The highest BCUT2D eigenvalue weighted by Gasteiger charge is 2.25. The van der Waals surface area contributed by atoms with Crippen LogP contribution in [0, 0.1) is 0 Å². The second-order valence-corrected chi connectivity index (χ2v) is 6.95. The van der Waals surface area contributed by atoms with E-state index in [4.69, 9.17) is 4.74 Å². The number of nitrogens with zero attached hydrogens (tertiary/aromatic N) is 1. The molecule has 10 heteroatoms. The van der Waals surface area contributed by atoms with Gasteiger partial charge >= 0.3 is 11.9 Å². The van der Waals surface area contributed by atoms with E-state index in [0.717, 1.165) is 24.2 Å². The fourth-order valence-electron chi connectivity index (χ4n) is 2.07. The first-order valence-electron chi connectivity index (χ1n) is 7.46. The van der Waals surface area contributed by atoms with Crippen LogP contribution in [0.25, 0.3) is 0 Å². The van der Waals surface area contributed by atoms with Gasteiger partial charge in [-0.1, -0.05) is 23.1 Å². The first kappa shape index (κ1) is 18.7. The minimum absolute atomic E-state index is 0.0132. The number of carbonyl (C=O) groups is 3. The van der Waals surface area contributed by atoms with Gasteiger partial charge in [-0.05, 0) is 26.0 Å². The van der Waals surface area contributed by atoms with Gasteiger partial charge in [0.25, 0.3) is 5.91 Å². The van der Waals surface area contributed by atoms with Crippen LogP contribution in [0.3, 0.4) is 0 Å². The highest BCUT2D eigenvalue weighted by atomic mass is 32.2. The van der Waals surface area contributed by atoms with Gasteiger partial charge in [0.15, 0.2) is 10.0 Å². The third-order valence-electron chi connectivity index (χ3n) is 3.24. The Bertz CT molecular complexity index is 614. The lowest BCUT2D eigenvalue weighted by Crippen LogP contribution is -2.39. The number of esters is 1. The number of thioether (sulfide) groups is 1. The van der Waals surface area contributed by atoms with Crippen molar-refractivity contribution in [1.29, 1.82) is 0 Å². The molecule has 24 heavy (non-hydrogen) atoms. The van der Waals surface area contributed by atoms with Crippen molar-refractivity contribution in [1.82, 2.24) is 10.3 Å². The maximum absolute atomic E-state index is 12.5. The number of hydrogen-bond acceptors (Lipinski definition) is 8. The monoisotopic (exact) mass is 373 g/mol. The molecular formula is C14H19N3O5S2. The number of rotatable bonds is 5. The van der Waals surface area contributed by atoms with Crippen LogP contribution >= 0.6 is 23.1 Å². The lowest BCUT2D eigenvalue weighted by atomic mass is 10.1. The van der Waals surface area contributed by atoms with Gasteiger partial charge in [-0.15, -0.1) is 0 Å². The molecule has 2 N–H and O–H groups in total. The number of aromatic nitrogens is 1. The highest BCUT2D eigenvalue weighted by Crippen LogP contribution is 2.30. The van der Waals surface area contributed by atoms with Gasteiger partial charge in [-0.25, -0.2) is 9.78 Å². The third-order valence-corrected chi connectivity index (χ3v) is 5.20. The summed E-state index contributed by atoms with van der Waals surface area (Å²) in [5.74, 6) is -2.29. The maximum Gasteiger partial charge on any atom is 0.397 e. The maximum atomic E-state index is 12.5. The van der Waals surface area contributed by atoms with Crippen molar-refractivity contribution in [3.63, 3.8) is 0 Å². The van der Waals surface area contributed by atoms with Crippen molar-refractivity contribution in [2.75, 3.05) is 31.4 Å². The minimum Gasteiger partial charge on any atom is -0.459 e. The van der Waals surface area contributed by atoms with Crippen LogP contribution in [-0.4, -0.2) is 54.9 Å². The van der Waals surface area contributed by atoms with E-state index in [1.165, 1.54) is 11.8 Å². The molecule has 0 aromatic carbocycles. The van der Waals surface area contributed by atoms with Crippen LogP contribution in [0.15, 0.2) is 4.34 Å². The number of ether oxygens (including phenoxy) is 2. The Morgan fingerprint density at radius 1 is 1.38 bits per heavy atom. The largest absolute Gasteiger partial charge is 0.459 e. The van der Waals surface area contributed by atoms with Crippen molar-refractivity contribution >= 4 is 45.9 Å². The van der Waals surface area contributed by atoms with Crippen molar-refractivity contribution in [3.05, 3.63) is 5.69 Å². The molecule has 0 saturated carbocycles. The van der Waals surface area contributed by atoms with Gasteiger partial charge in [0, 0.05) is 19.3 Å². The normalized spacial score (nSPS) is 14.9. The molecule has 0 bridgehead atoms. The Hall–Kier alpha value is -1.65. The SMILES string of the molecule is CCOC(=O)C(=O)Nc1sc(SC)nc1C(=O)NC1CCOCC1. The second kappa shape index (κ2) is 9.00. The molecule has 8 nitrogen and oxygen atoms in total. The zero-order valence-corrected chi connectivity index (χ0v) is 15.1. The predicted molar refractivity (Wildman–Crippen MR) is 90.5 cm³/mol. The Morgan fingerprint density at radius 2 is 2.08 bits per heavy atom. The van der Waals surface area contributed by atoms with E-state index in [9.17, 15) is 14.4 Å². The quantitative estimate of drug-likeness (QED) is 0.455. The Morgan fingerprint density at radius 3 is 2.71 bits per heavy atom. The number of hydrogen-bond donors (Lipinski definition) is 2. The third kappa shape index (κ3) is 4.92. The van der Waals surface area contributed by atoms with E-state index >= 15 is 0 Å². The van der Waals surface area contributed by atoms with Crippen molar-refractivity contribution in [2.24, 2.45) is 0 Å². The molecule has 0 aliphatic carbocycles. The predicted octanol–water partition coefficient (Wildman–Crippen LogP) is 1.28. The summed E-state index contributed by atoms with van der Waals surface area (Å²) < 4.78 is 10.5. The van der Waals surface area contributed by atoms with Gasteiger partial charge in [-0.2, -0.15) is 0 Å². The van der Waals surface area contributed by atoms with E-state index in [1.807, 2.05) is 6.26 Å². The van der Waals surface area contributed by atoms with Crippen LogP contribution < -0.4 is 10.6 Å². The lowest BCUT2D eigenvalue weighted by Gasteiger charge is -2.22. The zero-order chi connectivity index (χ0) is 17.5. The van der Waals surface area contributed by atoms with Gasteiger partial charge in [0.2, 0.25) is 0 Å². The molecular weight excluding hydrogens is 354 g/mol. The van der Waals surface area contributed by atoms with Crippen molar-refractivity contribution in [2.45, 2.75) is 30.1 Å². The minimum atomic E-state index is -0.993. The molecule has 0 spiro atoms. The molecule has 2 rings (SSSR count). The Labute approximate surface area is 147 Å². The summed E-state index contributed by atoms with van der Waals surface area (Å²) in [6, 6.07) is 0.0132. The fraction of sp³-hybridized carbons (Fsp3) is 0.571. The fourth-order valence-corrected chi connectivity index (χ4v) is 3.53. The number of carbonyl (C=O) groups excluding carboxylic acids is 3. The summed E-state index contributed by atoms with van der Waals surface area (Å²) in [4.78, 5) is 39.9. The molecule has 2 heterocycles. The van der Waals surface area contributed by atoms with E-state index in [2.05, 4.69) is 20.4 Å². The highest BCUT2D eigenvalue weighted by molar-refractivity contribution is 8.00. The number of anilines is 1. The average molecular weight is 373 g/mol. The summed E-state index contributed by atoms with van der Waals surface area (Å²) in [7, 11) is 0. The molecule has 1 aliphatic heterocycles. The van der Waals surface area contributed by atoms with Crippen LogP contribution in [0.2, 0.25) is 0 Å². The van der Waals surface area contributed by atoms with Crippen molar-refractivity contribution < 1.29 is 23.9 Å². The van der Waals surface area contributed by atoms with E-state index < -0.39 is 11.9 Å². The van der Waals surface area contributed by atoms with E-state index in [1.54, 1.807) is 6.92 Å². The Balaban J connectivity index is 2.10. The summed E-state index contributed by atoms with van der Waals surface area (Å²) in [5, 5.41) is 5.54. The van der Waals surface area contributed by atoms with Gasteiger partial charge in [0.1, 0.15) is 5.00 Å². The molecule has 1 aromatic rings. The molecule has 0 unspecified atom stereocenters. The second-order valence-electron chi connectivity index (χ2n) is 4.90. The molecule has 1 saturated heterocycles. The zero-order valence-electron chi connectivity index (χ0n) is 13.4. The molecule has 1 aliphatic rings. The molecule has 0 radical (unpaired) electrons. The first-order chi connectivity index (χ1) is 11.5. The van der Waals surface area contributed by atoms with E-state index in [0.29, 0.717) is 17.6 Å². The topological polar surface area (TPSA) is 107 Å². The molecule has 132 valence electrons. The first-order valence-corrected chi connectivity index (χ1v) is 9.50. The standard InChI is InChI=1S/C14H19N3O5S2/c1-3-22-13(20)11(19)17-12-9(16-14(23-2)24-12)10(18)15-8-4-6-21-7-5-8/h8H,3-7H2,1-2H3,(H,15,18)(H,17,19). The number of thiazole rings is 1. The number of amides is 2. The van der Waals surface area contributed by atoms with Crippen LogP contribution in [0.1, 0.15) is 30.3 Å². The Kier molecular flexibility index (Phi) is 7.00. The lowest BCUT2D eigenvalue weighted by molar-refractivity contribution is -0.152. The van der Waals surface area contributed by atoms with Gasteiger partial charge in [0.05, 0.1) is 6.61 Å². The van der Waals surface area contributed by atoms with E-state index in [-0.39, 0.29) is 29.3 Å². The van der Waals surface area contributed by atoms with Gasteiger partial charge in [-0.3, -0.25) is 9.59 Å². The van der Waals surface area contributed by atoms with Crippen LogP contribution in [-0.2, 0) is 19.1 Å². The number of nitrogens with one attached hydrogen (secondary N) is 2. The molecule has 1 aromatic heterocycles. The summed E-state index contributed by atoms with van der Waals surface area (Å²) in [6.07, 6.45) is 3.28. The summed E-state index contributed by atoms with van der Waals surface area (Å²) in [5.41, 5.74) is 0.105. The summed E-state index contributed by atoms with van der Waals surface area (Å²) in [6.45, 7) is 2.91. The molecule has 1 fully saturated rings. The summed E-state index contributed by atoms with van der Waals surface area (Å²) >= 11 is 2.49. The average Bonchev–Trinajstić information content (AvgIpc) is 2.99. The van der Waals surface area contributed by atoms with Crippen LogP contribution in [0.5, 0.6) is 0 Å².